The van der Waals surface area contributed by atoms with E-state index in [1.807, 2.05) is 0 Å². The first-order valence-electron chi connectivity index (χ1n) is 5.55. The van der Waals surface area contributed by atoms with Gasteiger partial charge in [0.15, 0.2) is 0 Å². The second-order valence-electron chi connectivity index (χ2n) is 4.58. The highest BCUT2D eigenvalue weighted by Gasteiger charge is 2.32. The second-order valence-corrected chi connectivity index (χ2v) is 4.58. The number of hydrogen-bond acceptors (Lipinski definition) is 3. The summed E-state index contributed by atoms with van der Waals surface area (Å²) in [6.07, 6.45) is 1.13. The Hall–Kier alpha value is -1.78. The van der Waals surface area contributed by atoms with Gasteiger partial charge in [-0.1, -0.05) is 6.92 Å². The zero-order chi connectivity index (χ0) is 12.6. The fraction of sp³-hybridized carbons (Fsp3) is 0.417. The Balaban J connectivity index is 2.15. The first-order chi connectivity index (χ1) is 7.99. The van der Waals surface area contributed by atoms with Crippen LogP contribution in [-0.4, -0.2) is 17.6 Å². The van der Waals surface area contributed by atoms with Crippen LogP contribution < -0.4 is 11.1 Å². The first kappa shape index (κ1) is 11.7. The fourth-order valence-electron chi connectivity index (χ4n) is 1.83. The molecule has 92 valence electrons. The number of nitrogens with two attached hydrogens (primary N) is 1. The maximum atomic E-state index is 13.5. The minimum Gasteiger partial charge on any atom is -0.478 e. The monoisotopic (exact) mass is 238 g/mol. The molecule has 0 saturated heterocycles. The summed E-state index contributed by atoms with van der Waals surface area (Å²) < 4.78 is 13.5. The van der Waals surface area contributed by atoms with Crippen LogP contribution >= 0.6 is 0 Å². The molecule has 1 saturated carbocycles. The van der Waals surface area contributed by atoms with E-state index in [1.165, 1.54) is 6.07 Å². The van der Waals surface area contributed by atoms with E-state index in [1.54, 1.807) is 0 Å². The molecule has 5 heteroatoms. The van der Waals surface area contributed by atoms with Crippen molar-refractivity contribution in [2.75, 3.05) is 17.6 Å². The number of carboxylic acids is 1. The third-order valence-corrected chi connectivity index (χ3v) is 3.20. The number of rotatable bonds is 4. The number of carbonyl (C=O) groups is 1. The molecule has 17 heavy (non-hydrogen) atoms. The first-order valence-corrected chi connectivity index (χ1v) is 5.55. The quantitative estimate of drug-likeness (QED) is 0.703. The topological polar surface area (TPSA) is 75.3 Å². The third kappa shape index (κ3) is 2.49. The molecule has 2 atom stereocenters. The van der Waals surface area contributed by atoms with Gasteiger partial charge in [0, 0.05) is 12.2 Å². The largest absolute Gasteiger partial charge is 0.478 e. The predicted octanol–water partition coefficient (Wildman–Crippen LogP) is 2.17. The summed E-state index contributed by atoms with van der Waals surface area (Å²) >= 11 is 0. The molecule has 1 aromatic carbocycles. The van der Waals surface area contributed by atoms with Gasteiger partial charge in [-0.15, -0.1) is 0 Å². The highest BCUT2D eigenvalue weighted by molar-refractivity contribution is 5.94. The zero-order valence-electron chi connectivity index (χ0n) is 9.53. The Morgan fingerprint density at radius 2 is 2.29 bits per heavy atom. The molecular weight excluding hydrogens is 223 g/mol. The lowest BCUT2D eigenvalue weighted by molar-refractivity contribution is 0.0698. The van der Waals surface area contributed by atoms with Gasteiger partial charge in [0.2, 0.25) is 0 Å². The van der Waals surface area contributed by atoms with Crippen LogP contribution in [-0.2, 0) is 0 Å². The van der Waals surface area contributed by atoms with Crippen LogP contribution in [0, 0.1) is 17.7 Å². The van der Waals surface area contributed by atoms with Crippen molar-refractivity contribution in [3.63, 3.8) is 0 Å². The normalized spacial score (nSPS) is 22.2. The number of hydrogen-bond donors (Lipinski definition) is 3. The minimum absolute atomic E-state index is 0.0552. The van der Waals surface area contributed by atoms with Gasteiger partial charge < -0.3 is 16.2 Å². The average molecular weight is 238 g/mol. The molecule has 4 nitrogen and oxygen atoms in total. The van der Waals surface area contributed by atoms with Crippen LogP contribution in [0.3, 0.4) is 0 Å². The van der Waals surface area contributed by atoms with Crippen molar-refractivity contribution in [2.45, 2.75) is 13.3 Å². The van der Waals surface area contributed by atoms with Crippen LogP contribution in [0.4, 0.5) is 15.8 Å². The van der Waals surface area contributed by atoms with E-state index < -0.39 is 11.8 Å². The highest BCUT2D eigenvalue weighted by Crippen LogP contribution is 2.37. The van der Waals surface area contributed by atoms with Crippen LogP contribution in [0.5, 0.6) is 0 Å². The highest BCUT2D eigenvalue weighted by atomic mass is 19.1. The van der Waals surface area contributed by atoms with Crippen molar-refractivity contribution in [1.29, 1.82) is 0 Å². The molecule has 1 aliphatic carbocycles. The number of carboxylic acid groups (broad SMARTS) is 1. The van der Waals surface area contributed by atoms with Gasteiger partial charge in [-0.05, 0) is 30.4 Å². The maximum absolute atomic E-state index is 13.5. The van der Waals surface area contributed by atoms with Crippen molar-refractivity contribution in [3.8, 4) is 0 Å². The lowest BCUT2D eigenvalue weighted by atomic mass is 10.1. The summed E-state index contributed by atoms with van der Waals surface area (Å²) in [5.74, 6) is -0.440. The van der Waals surface area contributed by atoms with E-state index in [2.05, 4.69) is 12.2 Å². The molecule has 0 bridgehead atoms. The molecule has 0 aromatic heterocycles. The van der Waals surface area contributed by atoms with Gasteiger partial charge in [0.05, 0.1) is 11.3 Å². The van der Waals surface area contributed by atoms with Crippen molar-refractivity contribution in [2.24, 2.45) is 11.8 Å². The Bertz CT molecular complexity index is 462. The molecule has 0 amide bonds. The Morgan fingerprint density at radius 1 is 1.65 bits per heavy atom. The molecule has 4 N–H and O–H groups in total. The molecule has 2 unspecified atom stereocenters. The van der Waals surface area contributed by atoms with Crippen molar-refractivity contribution in [3.05, 3.63) is 23.5 Å². The summed E-state index contributed by atoms with van der Waals surface area (Å²) in [5, 5.41) is 11.8. The molecule has 0 spiro atoms. The van der Waals surface area contributed by atoms with Gasteiger partial charge in [-0.3, -0.25) is 0 Å². The molecule has 1 fully saturated rings. The molecule has 1 aromatic rings. The minimum atomic E-state index is -1.15. The number of benzene rings is 1. The lowest BCUT2D eigenvalue weighted by Gasteiger charge is -2.09. The van der Waals surface area contributed by atoms with Crippen LogP contribution in [0.2, 0.25) is 0 Å². The SMILES string of the molecule is CC1CC1CNc1cc(C(=O)O)c(N)cc1F. The maximum Gasteiger partial charge on any atom is 0.337 e. The fourth-order valence-corrected chi connectivity index (χ4v) is 1.83. The van der Waals surface area contributed by atoms with E-state index in [9.17, 15) is 9.18 Å². The van der Waals surface area contributed by atoms with E-state index >= 15 is 0 Å². The number of nitrogens with one attached hydrogen (secondary N) is 1. The van der Waals surface area contributed by atoms with E-state index in [0.29, 0.717) is 18.4 Å². The van der Waals surface area contributed by atoms with Gasteiger partial charge in [0.25, 0.3) is 0 Å². The predicted molar refractivity (Wildman–Crippen MR) is 63.5 cm³/mol. The molecule has 0 radical (unpaired) electrons. The van der Waals surface area contributed by atoms with Crippen LogP contribution in [0.15, 0.2) is 12.1 Å². The van der Waals surface area contributed by atoms with Crippen LogP contribution in [0.1, 0.15) is 23.7 Å². The van der Waals surface area contributed by atoms with E-state index in [0.717, 1.165) is 12.5 Å². The zero-order valence-corrected chi connectivity index (χ0v) is 9.53. The van der Waals surface area contributed by atoms with E-state index in [-0.39, 0.29) is 16.9 Å². The smallest absolute Gasteiger partial charge is 0.337 e. The van der Waals surface area contributed by atoms with Crippen LogP contribution in [0.25, 0.3) is 0 Å². The number of nitrogen functional groups attached to an aromatic ring is 1. The number of aromatic carboxylic acids is 1. The number of anilines is 2. The second kappa shape index (κ2) is 4.24. The Kier molecular flexibility index (Phi) is 2.92. The van der Waals surface area contributed by atoms with Gasteiger partial charge in [0.1, 0.15) is 5.82 Å². The third-order valence-electron chi connectivity index (χ3n) is 3.20. The Labute approximate surface area is 98.6 Å². The summed E-state index contributed by atoms with van der Waals surface area (Å²) in [6, 6.07) is 2.29. The van der Waals surface area contributed by atoms with Gasteiger partial charge >= 0.3 is 5.97 Å². The van der Waals surface area contributed by atoms with Crippen molar-refractivity contribution >= 4 is 17.3 Å². The van der Waals surface area contributed by atoms with Gasteiger partial charge in [-0.25, -0.2) is 9.18 Å². The summed E-state index contributed by atoms with van der Waals surface area (Å²) in [7, 11) is 0. The average Bonchev–Trinajstić information content (AvgIpc) is 2.93. The Morgan fingerprint density at radius 3 is 2.82 bits per heavy atom. The summed E-state index contributed by atoms with van der Waals surface area (Å²) in [4.78, 5) is 10.9. The summed E-state index contributed by atoms with van der Waals surface area (Å²) in [5.41, 5.74) is 5.51. The standard InChI is InChI=1S/C12H15FN2O2/c1-6-2-7(6)5-15-11-3-8(12(16)17)10(14)4-9(11)13/h3-4,6-7,15H,2,5,14H2,1H3,(H,16,17). The molecular formula is C12H15FN2O2. The molecule has 2 rings (SSSR count). The van der Waals surface area contributed by atoms with Crippen molar-refractivity contribution in [1.82, 2.24) is 0 Å². The van der Waals surface area contributed by atoms with Gasteiger partial charge in [-0.2, -0.15) is 0 Å². The van der Waals surface area contributed by atoms with Crippen molar-refractivity contribution < 1.29 is 14.3 Å². The lowest BCUT2D eigenvalue weighted by Crippen LogP contribution is -2.09. The summed E-state index contributed by atoms with van der Waals surface area (Å²) in [6.45, 7) is 2.80. The molecule has 1 aliphatic rings. The number of halogens is 1. The van der Waals surface area contributed by atoms with E-state index in [4.69, 9.17) is 10.8 Å². The molecule has 0 aliphatic heterocycles. The molecule has 0 heterocycles.